The van der Waals surface area contributed by atoms with Crippen LogP contribution in [-0.2, 0) is 0 Å². The number of hydrogen-bond donors (Lipinski definition) is 1. The van der Waals surface area contributed by atoms with Gasteiger partial charge in [-0.15, -0.1) is 0 Å². The first-order valence-corrected chi connectivity index (χ1v) is 7.99. The van der Waals surface area contributed by atoms with Crippen molar-refractivity contribution in [1.82, 2.24) is 15.0 Å². The molecule has 1 fully saturated rings. The van der Waals surface area contributed by atoms with Gasteiger partial charge in [-0.25, -0.2) is 0 Å². The van der Waals surface area contributed by atoms with Gasteiger partial charge in [0.15, 0.2) is 5.78 Å². The van der Waals surface area contributed by atoms with Crippen molar-refractivity contribution in [2.45, 2.75) is 25.8 Å². The van der Waals surface area contributed by atoms with Crippen LogP contribution in [0, 0.1) is 6.92 Å². The molecule has 1 atom stereocenters. The van der Waals surface area contributed by atoms with E-state index in [4.69, 9.17) is 4.52 Å². The molecule has 1 saturated heterocycles. The number of nitrogens with one attached hydrogen (secondary N) is 1. The molecule has 1 N–H and O–H groups in total. The first-order valence-electron chi connectivity index (χ1n) is 7.99. The molecule has 5 nitrogen and oxygen atoms in total. The van der Waals surface area contributed by atoms with Gasteiger partial charge in [-0.3, -0.25) is 9.69 Å². The van der Waals surface area contributed by atoms with Gasteiger partial charge in [0.1, 0.15) is 11.5 Å². The highest BCUT2D eigenvalue weighted by Crippen LogP contribution is 2.31. The molecule has 0 aliphatic carbocycles. The standard InChI is InChI=1S/C18H19N3O2/c1-12-9-16(20-23-12)17-7-4-8-21(17)11-18(22)14-10-19-15-6-3-2-5-13(14)15/h2-3,5-6,9-10,17,19H,4,7-8,11H2,1H3/t17-/m1/s1. The molecule has 0 saturated carbocycles. The zero-order chi connectivity index (χ0) is 15.8. The van der Waals surface area contributed by atoms with Gasteiger partial charge in [0.05, 0.1) is 12.6 Å². The van der Waals surface area contributed by atoms with Crippen molar-refractivity contribution in [3.05, 3.63) is 53.5 Å². The Morgan fingerprint density at radius 1 is 1.43 bits per heavy atom. The van der Waals surface area contributed by atoms with Crippen molar-refractivity contribution in [1.29, 1.82) is 0 Å². The van der Waals surface area contributed by atoms with Gasteiger partial charge in [0.2, 0.25) is 0 Å². The van der Waals surface area contributed by atoms with Crippen LogP contribution in [0.1, 0.15) is 40.7 Å². The number of para-hydroxylation sites is 1. The molecule has 0 bridgehead atoms. The molecular formula is C18H19N3O2. The SMILES string of the molecule is Cc1cc([C@H]2CCCN2CC(=O)c2c[nH]c3ccccc23)no1. The number of hydrogen-bond acceptors (Lipinski definition) is 4. The van der Waals surface area contributed by atoms with E-state index in [1.54, 1.807) is 0 Å². The second-order valence-electron chi connectivity index (χ2n) is 6.16. The lowest BCUT2D eigenvalue weighted by molar-refractivity contribution is 0.0921. The van der Waals surface area contributed by atoms with Crippen LogP contribution in [0.15, 0.2) is 41.1 Å². The highest BCUT2D eigenvalue weighted by molar-refractivity contribution is 6.08. The van der Waals surface area contributed by atoms with E-state index in [-0.39, 0.29) is 11.8 Å². The highest BCUT2D eigenvalue weighted by Gasteiger charge is 2.30. The van der Waals surface area contributed by atoms with Crippen LogP contribution in [0.25, 0.3) is 10.9 Å². The van der Waals surface area contributed by atoms with Crippen molar-refractivity contribution in [3.63, 3.8) is 0 Å². The van der Waals surface area contributed by atoms with Crippen molar-refractivity contribution in [2.24, 2.45) is 0 Å². The number of ketones is 1. The molecule has 1 aliphatic rings. The van der Waals surface area contributed by atoms with Gasteiger partial charge < -0.3 is 9.51 Å². The number of fused-ring (bicyclic) bond motifs is 1. The van der Waals surface area contributed by atoms with Crippen molar-refractivity contribution in [3.8, 4) is 0 Å². The van der Waals surface area contributed by atoms with Crippen molar-refractivity contribution in [2.75, 3.05) is 13.1 Å². The van der Waals surface area contributed by atoms with Gasteiger partial charge >= 0.3 is 0 Å². The number of Topliss-reactive ketones (excluding diaryl/α,β-unsaturated/α-hetero) is 1. The van der Waals surface area contributed by atoms with Crippen molar-refractivity contribution < 1.29 is 9.32 Å². The van der Waals surface area contributed by atoms with Crippen LogP contribution in [0.4, 0.5) is 0 Å². The van der Waals surface area contributed by atoms with E-state index < -0.39 is 0 Å². The molecule has 1 aromatic carbocycles. The maximum Gasteiger partial charge on any atom is 0.178 e. The number of carbonyl (C=O) groups excluding carboxylic acids is 1. The van der Waals surface area contributed by atoms with E-state index >= 15 is 0 Å². The molecule has 3 aromatic rings. The van der Waals surface area contributed by atoms with E-state index in [0.29, 0.717) is 6.54 Å². The van der Waals surface area contributed by atoms with E-state index in [2.05, 4.69) is 15.0 Å². The molecule has 3 heterocycles. The number of carbonyl (C=O) groups is 1. The molecule has 0 spiro atoms. The van der Waals surface area contributed by atoms with Crippen LogP contribution < -0.4 is 0 Å². The van der Waals surface area contributed by atoms with Gasteiger partial charge in [0.25, 0.3) is 0 Å². The Balaban J connectivity index is 1.56. The lowest BCUT2D eigenvalue weighted by Crippen LogP contribution is -2.29. The van der Waals surface area contributed by atoms with Crippen molar-refractivity contribution >= 4 is 16.7 Å². The molecule has 0 unspecified atom stereocenters. The van der Waals surface area contributed by atoms with Crippen LogP contribution in [0.5, 0.6) is 0 Å². The fraction of sp³-hybridized carbons (Fsp3) is 0.333. The Hall–Kier alpha value is -2.40. The molecule has 1 aliphatic heterocycles. The van der Waals surface area contributed by atoms with E-state index in [1.807, 2.05) is 43.5 Å². The molecule has 0 radical (unpaired) electrons. The van der Waals surface area contributed by atoms with E-state index in [1.165, 1.54) is 0 Å². The van der Waals surface area contributed by atoms with Gasteiger partial charge in [-0.05, 0) is 32.4 Å². The summed E-state index contributed by atoms with van der Waals surface area (Å²) in [5.74, 6) is 0.962. The first-order chi connectivity index (χ1) is 11.2. The maximum absolute atomic E-state index is 12.8. The number of aryl methyl sites for hydroxylation is 1. The predicted octanol–water partition coefficient (Wildman–Crippen LogP) is 3.48. The second kappa shape index (κ2) is 5.66. The summed E-state index contributed by atoms with van der Waals surface area (Å²) in [6, 6.07) is 10.1. The zero-order valence-corrected chi connectivity index (χ0v) is 13.1. The molecule has 118 valence electrons. The fourth-order valence-corrected chi connectivity index (χ4v) is 3.46. The van der Waals surface area contributed by atoms with Gasteiger partial charge in [-0.2, -0.15) is 0 Å². The van der Waals surface area contributed by atoms with Gasteiger partial charge in [-0.1, -0.05) is 23.4 Å². The lowest BCUT2D eigenvalue weighted by atomic mass is 10.1. The quantitative estimate of drug-likeness (QED) is 0.749. The fourth-order valence-electron chi connectivity index (χ4n) is 3.46. The minimum Gasteiger partial charge on any atom is -0.361 e. The number of nitrogens with zero attached hydrogens (tertiary/aromatic N) is 2. The van der Waals surface area contributed by atoms with E-state index in [9.17, 15) is 4.79 Å². The largest absolute Gasteiger partial charge is 0.361 e. The Morgan fingerprint density at radius 3 is 3.13 bits per heavy atom. The normalized spacial score (nSPS) is 18.7. The zero-order valence-electron chi connectivity index (χ0n) is 13.1. The Morgan fingerprint density at radius 2 is 2.30 bits per heavy atom. The third-order valence-electron chi connectivity index (χ3n) is 4.59. The van der Waals surface area contributed by atoms with E-state index in [0.717, 1.165) is 47.3 Å². The maximum atomic E-state index is 12.8. The van der Waals surface area contributed by atoms with Crippen LogP contribution in [-0.4, -0.2) is 33.9 Å². The third kappa shape index (κ3) is 2.57. The Bertz CT molecular complexity index is 849. The van der Waals surface area contributed by atoms with Crippen LogP contribution >= 0.6 is 0 Å². The summed E-state index contributed by atoms with van der Waals surface area (Å²) in [6.07, 6.45) is 3.92. The molecule has 4 rings (SSSR count). The molecule has 2 aromatic heterocycles. The number of likely N-dealkylation sites (tertiary alicyclic amines) is 1. The summed E-state index contributed by atoms with van der Waals surface area (Å²) in [7, 11) is 0. The summed E-state index contributed by atoms with van der Waals surface area (Å²) in [4.78, 5) is 18.1. The molecule has 23 heavy (non-hydrogen) atoms. The smallest absolute Gasteiger partial charge is 0.178 e. The number of aromatic nitrogens is 2. The predicted molar refractivity (Wildman–Crippen MR) is 87.4 cm³/mol. The Labute approximate surface area is 134 Å². The summed E-state index contributed by atoms with van der Waals surface area (Å²) < 4.78 is 5.19. The van der Waals surface area contributed by atoms with Crippen LogP contribution in [0.3, 0.4) is 0 Å². The average Bonchev–Trinajstić information content (AvgIpc) is 3.25. The number of aromatic amines is 1. The second-order valence-corrected chi connectivity index (χ2v) is 6.16. The Kier molecular flexibility index (Phi) is 3.50. The van der Waals surface area contributed by atoms with Gasteiger partial charge in [0, 0.05) is 28.7 Å². The molecular weight excluding hydrogens is 290 g/mol. The number of benzene rings is 1. The number of H-pyrrole nitrogens is 1. The molecule has 5 heteroatoms. The third-order valence-corrected chi connectivity index (χ3v) is 4.59. The summed E-state index contributed by atoms with van der Waals surface area (Å²) in [6.45, 7) is 3.23. The summed E-state index contributed by atoms with van der Waals surface area (Å²) in [5.41, 5.74) is 2.70. The summed E-state index contributed by atoms with van der Waals surface area (Å²) >= 11 is 0. The monoisotopic (exact) mass is 309 g/mol. The average molecular weight is 309 g/mol. The minimum atomic E-state index is 0.148. The minimum absolute atomic E-state index is 0.148. The van der Waals surface area contributed by atoms with Crippen LogP contribution in [0.2, 0.25) is 0 Å². The number of rotatable bonds is 4. The molecule has 0 amide bonds. The summed E-state index contributed by atoms with van der Waals surface area (Å²) in [5, 5.41) is 5.13. The topological polar surface area (TPSA) is 62.1 Å². The highest BCUT2D eigenvalue weighted by atomic mass is 16.5. The first kappa shape index (κ1) is 14.2. The lowest BCUT2D eigenvalue weighted by Gasteiger charge is -2.21.